The van der Waals surface area contributed by atoms with E-state index in [2.05, 4.69) is 11.2 Å². The largest absolute Gasteiger partial charge is 0.497 e. The Morgan fingerprint density at radius 1 is 1.08 bits per heavy atom. The predicted molar refractivity (Wildman–Crippen MR) is 141 cm³/mol. The number of rotatable bonds is 6. The Bertz CT molecular complexity index is 1310. The van der Waals surface area contributed by atoms with Gasteiger partial charge in [0, 0.05) is 18.7 Å². The third-order valence-electron chi connectivity index (χ3n) is 6.87. The highest BCUT2D eigenvalue weighted by atomic mass is 35.5. The zero-order chi connectivity index (χ0) is 25.2. The number of carbonyl (C=O) groups is 1. The van der Waals surface area contributed by atoms with Crippen molar-refractivity contribution in [1.29, 1.82) is 0 Å². The van der Waals surface area contributed by atoms with E-state index in [0.717, 1.165) is 53.2 Å². The van der Waals surface area contributed by atoms with Crippen LogP contribution in [0.2, 0.25) is 5.02 Å². The summed E-state index contributed by atoms with van der Waals surface area (Å²) in [7, 11) is 3.30. The number of allylic oxidation sites excluding steroid dienone is 1. The van der Waals surface area contributed by atoms with Crippen LogP contribution in [0.25, 0.3) is 6.08 Å². The molecule has 0 bridgehead atoms. The van der Waals surface area contributed by atoms with E-state index < -0.39 is 0 Å². The van der Waals surface area contributed by atoms with Gasteiger partial charge in [-0.05, 0) is 73.2 Å². The van der Waals surface area contributed by atoms with Crippen LogP contribution >= 0.6 is 11.6 Å². The molecule has 186 valence electrons. The van der Waals surface area contributed by atoms with Crippen molar-refractivity contribution in [1.82, 2.24) is 14.8 Å². The number of nitrogens with zero attached hydrogens (tertiary/aromatic N) is 4. The molecule has 36 heavy (non-hydrogen) atoms. The molecule has 1 aliphatic carbocycles. The molecule has 1 fully saturated rings. The highest BCUT2D eigenvalue weighted by Crippen LogP contribution is 2.45. The van der Waals surface area contributed by atoms with Crippen LogP contribution < -0.4 is 9.47 Å². The van der Waals surface area contributed by atoms with E-state index in [-0.39, 0.29) is 23.6 Å². The van der Waals surface area contributed by atoms with Crippen molar-refractivity contribution in [3.8, 4) is 11.5 Å². The van der Waals surface area contributed by atoms with Crippen molar-refractivity contribution in [3.05, 3.63) is 82.1 Å². The number of halogens is 1. The lowest BCUT2D eigenvalue weighted by Crippen LogP contribution is -2.32. The number of benzene rings is 2. The van der Waals surface area contributed by atoms with E-state index in [1.165, 1.54) is 0 Å². The van der Waals surface area contributed by atoms with Gasteiger partial charge in [0.05, 0.1) is 31.0 Å². The fourth-order valence-electron chi connectivity index (χ4n) is 5.02. The van der Waals surface area contributed by atoms with Crippen LogP contribution in [0, 0.1) is 5.92 Å². The number of amides is 1. The van der Waals surface area contributed by atoms with Crippen molar-refractivity contribution >= 4 is 29.3 Å². The summed E-state index contributed by atoms with van der Waals surface area (Å²) in [5, 5.41) is 11.3. The molecule has 1 aliphatic heterocycles. The van der Waals surface area contributed by atoms with Gasteiger partial charge < -0.3 is 9.47 Å². The van der Waals surface area contributed by atoms with Crippen molar-refractivity contribution < 1.29 is 14.3 Å². The van der Waals surface area contributed by atoms with Gasteiger partial charge in [-0.15, -0.1) is 0 Å². The first kappa shape index (κ1) is 24.1. The fourth-order valence-corrected chi connectivity index (χ4v) is 5.25. The third-order valence-corrected chi connectivity index (χ3v) is 7.14. The fraction of sp³-hybridized carbons (Fsp3) is 0.321. The Labute approximate surface area is 216 Å². The smallest absolute Gasteiger partial charge is 0.296 e. The van der Waals surface area contributed by atoms with Gasteiger partial charge in [0.2, 0.25) is 0 Å². The van der Waals surface area contributed by atoms with Gasteiger partial charge in [-0.2, -0.15) is 10.2 Å². The van der Waals surface area contributed by atoms with Gasteiger partial charge in [-0.25, -0.2) is 5.01 Å². The first-order valence-corrected chi connectivity index (χ1v) is 12.5. The summed E-state index contributed by atoms with van der Waals surface area (Å²) in [6, 6.07) is 15.6. The summed E-state index contributed by atoms with van der Waals surface area (Å²) >= 11 is 6.43. The molecule has 3 aromatic rings. The van der Waals surface area contributed by atoms with Crippen LogP contribution in [0.1, 0.15) is 53.8 Å². The Morgan fingerprint density at radius 3 is 2.36 bits per heavy atom. The average molecular weight is 505 g/mol. The number of hydrazone groups is 1. The Hall–Kier alpha value is -3.58. The number of methoxy groups -OCH3 is 2. The molecule has 8 heteroatoms. The lowest BCUT2D eigenvalue weighted by atomic mass is 9.77. The molecule has 1 amide bonds. The topological polar surface area (TPSA) is 69.0 Å². The minimum Gasteiger partial charge on any atom is -0.497 e. The monoisotopic (exact) mass is 504 g/mol. The first-order valence-electron chi connectivity index (χ1n) is 12.2. The summed E-state index contributed by atoms with van der Waals surface area (Å²) < 4.78 is 12.3. The standard InChI is InChI=1S/C28H29ClN4O3/c1-4-32-17-24(29)26(30-32)28(34)33-27(19-10-14-22(36-3)15-11-19)23-7-5-6-20(25(23)31-33)16-18-8-12-21(35-2)13-9-18/h8-17,23,27H,4-7H2,1-3H3/b20-16+. The molecule has 0 N–H and O–H groups in total. The zero-order valence-corrected chi connectivity index (χ0v) is 21.4. The van der Waals surface area contributed by atoms with Crippen molar-refractivity contribution in [3.63, 3.8) is 0 Å². The molecule has 7 nitrogen and oxygen atoms in total. The summed E-state index contributed by atoms with van der Waals surface area (Å²) in [4.78, 5) is 13.8. The lowest BCUT2D eigenvalue weighted by Gasteiger charge is -2.29. The van der Waals surface area contributed by atoms with E-state index in [9.17, 15) is 4.79 Å². The van der Waals surface area contributed by atoms with Crippen molar-refractivity contribution in [2.45, 2.75) is 38.8 Å². The Kier molecular flexibility index (Phi) is 6.83. The van der Waals surface area contributed by atoms with Gasteiger partial charge in [0.15, 0.2) is 5.69 Å². The van der Waals surface area contributed by atoms with Crippen molar-refractivity contribution in [2.75, 3.05) is 14.2 Å². The third kappa shape index (κ3) is 4.51. The Balaban J connectivity index is 1.56. The van der Waals surface area contributed by atoms with Crippen LogP contribution in [0.5, 0.6) is 11.5 Å². The second-order valence-electron chi connectivity index (χ2n) is 8.98. The SMILES string of the molecule is CCn1cc(Cl)c(C(=O)N2N=C3/C(=C/c4ccc(OC)cc4)CCCC3C2c2ccc(OC)cc2)n1. The quantitative estimate of drug-likeness (QED) is 0.412. The summed E-state index contributed by atoms with van der Waals surface area (Å²) in [6.45, 7) is 2.58. The van der Waals surface area contributed by atoms with Crippen LogP contribution in [0.4, 0.5) is 0 Å². The minimum atomic E-state index is -0.293. The number of ether oxygens (including phenoxy) is 2. The van der Waals surface area contributed by atoms with E-state index in [4.69, 9.17) is 26.2 Å². The summed E-state index contributed by atoms with van der Waals surface area (Å²) in [5.74, 6) is 1.37. The number of fused-ring (bicyclic) bond motifs is 1. The van der Waals surface area contributed by atoms with Crippen molar-refractivity contribution in [2.24, 2.45) is 11.0 Å². The normalized spacial score (nSPS) is 20.3. The Morgan fingerprint density at radius 2 is 1.75 bits per heavy atom. The minimum absolute atomic E-state index is 0.0765. The zero-order valence-electron chi connectivity index (χ0n) is 20.6. The van der Waals surface area contributed by atoms with Gasteiger partial charge in [-0.1, -0.05) is 35.9 Å². The van der Waals surface area contributed by atoms with Gasteiger partial charge in [0.25, 0.3) is 5.91 Å². The number of hydrogen-bond acceptors (Lipinski definition) is 5. The number of hydrogen-bond donors (Lipinski definition) is 0. The highest BCUT2D eigenvalue weighted by molar-refractivity contribution is 6.33. The molecular formula is C28H29ClN4O3. The molecule has 2 atom stereocenters. The molecule has 1 saturated carbocycles. The lowest BCUT2D eigenvalue weighted by molar-refractivity contribution is 0.0674. The average Bonchev–Trinajstić information content (AvgIpc) is 3.50. The van der Waals surface area contributed by atoms with Crippen LogP contribution in [0.15, 0.2) is 65.4 Å². The van der Waals surface area contributed by atoms with Gasteiger partial charge in [-0.3, -0.25) is 9.48 Å². The number of aromatic nitrogens is 2. The predicted octanol–water partition coefficient (Wildman–Crippen LogP) is 6.01. The molecule has 2 aliphatic rings. The highest BCUT2D eigenvalue weighted by Gasteiger charge is 2.44. The molecule has 0 spiro atoms. The van der Waals surface area contributed by atoms with Crippen LogP contribution in [0.3, 0.4) is 0 Å². The summed E-state index contributed by atoms with van der Waals surface area (Å²) in [6.07, 6.45) is 6.72. The van der Waals surface area contributed by atoms with Crippen LogP contribution in [-0.2, 0) is 6.54 Å². The van der Waals surface area contributed by atoms with Gasteiger partial charge in [0.1, 0.15) is 11.5 Å². The molecule has 5 rings (SSSR count). The second kappa shape index (κ2) is 10.2. The van der Waals surface area contributed by atoms with E-state index in [1.54, 1.807) is 30.1 Å². The number of aryl methyl sites for hydroxylation is 1. The maximum absolute atomic E-state index is 13.8. The van der Waals surface area contributed by atoms with Gasteiger partial charge >= 0.3 is 0 Å². The summed E-state index contributed by atoms with van der Waals surface area (Å²) in [5.41, 5.74) is 4.41. The maximum atomic E-state index is 13.8. The van der Waals surface area contributed by atoms with E-state index in [0.29, 0.717) is 11.6 Å². The molecule has 0 radical (unpaired) electrons. The first-order chi connectivity index (χ1) is 17.5. The molecule has 0 saturated heterocycles. The maximum Gasteiger partial charge on any atom is 0.296 e. The van der Waals surface area contributed by atoms with E-state index >= 15 is 0 Å². The molecule has 1 aromatic heterocycles. The molecule has 2 unspecified atom stereocenters. The molecular weight excluding hydrogens is 476 g/mol. The molecule has 2 aromatic carbocycles. The second-order valence-corrected chi connectivity index (χ2v) is 9.38. The van der Waals surface area contributed by atoms with E-state index in [1.807, 2.05) is 55.5 Å². The van der Waals surface area contributed by atoms with Crippen LogP contribution in [-0.4, -0.2) is 40.6 Å². The molecule has 2 heterocycles. The number of carbonyl (C=O) groups excluding carboxylic acids is 1.